The molecule has 2 aliphatic heterocycles. The summed E-state index contributed by atoms with van der Waals surface area (Å²) in [5.41, 5.74) is 1.09. The van der Waals surface area contributed by atoms with E-state index in [1.165, 1.54) is 0 Å². The quantitative estimate of drug-likeness (QED) is 0.855. The highest BCUT2D eigenvalue weighted by Crippen LogP contribution is 2.10. The molecule has 2 saturated heterocycles. The summed E-state index contributed by atoms with van der Waals surface area (Å²) >= 11 is 0. The van der Waals surface area contributed by atoms with Gasteiger partial charge in [0.25, 0.3) is 0 Å². The topological polar surface area (TPSA) is 57.7 Å². The van der Waals surface area contributed by atoms with Crippen LogP contribution in [0.3, 0.4) is 0 Å². The van der Waals surface area contributed by atoms with Crippen molar-refractivity contribution in [1.82, 2.24) is 20.1 Å². The zero-order valence-electron chi connectivity index (χ0n) is 12.9. The van der Waals surface area contributed by atoms with Crippen LogP contribution in [0.1, 0.15) is 12.1 Å². The van der Waals surface area contributed by atoms with Crippen molar-refractivity contribution in [2.75, 3.05) is 45.9 Å². The fourth-order valence-corrected chi connectivity index (χ4v) is 2.95. The molecule has 3 heterocycles. The van der Waals surface area contributed by atoms with Crippen LogP contribution in [0.15, 0.2) is 24.4 Å². The van der Waals surface area contributed by atoms with E-state index in [-0.39, 0.29) is 12.0 Å². The van der Waals surface area contributed by atoms with Crippen LogP contribution in [-0.4, -0.2) is 72.7 Å². The van der Waals surface area contributed by atoms with Crippen molar-refractivity contribution in [3.63, 3.8) is 0 Å². The maximum Gasteiger partial charge on any atom is 0.225 e. The summed E-state index contributed by atoms with van der Waals surface area (Å²) in [5.74, 6) is 0.214. The first-order valence-electron chi connectivity index (χ1n) is 8.03. The predicted molar refractivity (Wildman–Crippen MR) is 83.3 cm³/mol. The normalized spacial score (nSPS) is 23.5. The molecule has 6 heteroatoms. The van der Waals surface area contributed by atoms with Crippen molar-refractivity contribution >= 4 is 5.91 Å². The van der Waals surface area contributed by atoms with Gasteiger partial charge in [-0.1, -0.05) is 6.07 Å². The summed E-state index contributed by atoms with van der Waals surface area (Å²) in [5, 5.41) is 3.27. The molecule has 1 N–H and O–H groups in total. The number of carbonyl (C=O) groups is 1. The molecule has 2 aliphatic rings. The van der Waals surface area contributed by atoms with E-state index in [0.29, 0.717) is 13.0 Å². The lowest BCUT2D eigenvalue weighted by Gasteiger charge is -2.35. The van der Waals surface area contributed by atoms with Gasteiger partial charge in [0.15, 0.2) is 0 Å². The van der Waals surface area contributed by atoms with Crippen LogP contribution < -0.4 is 5.32 Å². The van der Waals surface area contributed by atoms with Crippen LogP contribution in [0.5, 0.6) is 0 Å². The van der Waals surface area contributed by atoms with Crippen molar-refractivity contribution < 1.29 is 9.53 Å². The third-order valence-corrected chi connectivity index (χ3v) is 4.24. The molecule has 1 unspecified atom stereocenters. The average Bonchev–Trinajstić information content (AvgIpc) is 2.57. The van der Waals surface area contributed by atoms with E-state index in [1.54, 1.807) is 0 Å². The molecule has 0 aromatic carbocycles. The lowest BCUT2D eigenvalue weighted by Crippen LogP contribution is -2.50. The molecular formula is C16H24N4O2. The highest BCUT2D eigenvalue weighted by Gasteiger charge is 2.24. The standard InChI is InChI=1S/C16H24N4O2/c21-16(11-15-12-17-5-10-22-15)20-8-6-19(7-9-20)13-14-3-1-2-4-18-14/h1-4,15,17H,5-13H2. The van der Waals surface area contributed by atoms with Crippen LogP contribution in [0.2, 0.25) is 0 Å². The molecule has 1 amide bonds. The Morgan fingerprint density at radius 3 is 2.86 bits per heavy atom. The van der Waals surface area contributed by atoms with Gasteiger partial charge in [0.1, 0.15) is 0 Å². The van der Waals surface area contributed by atoms with Crippen LogP contribution >= 0.6 is 0 Å². The molecule has 0 aliphatic carbocycles. The lowest BCUT2D eigenvalue weighted by molar-refractivity contribution is -0.136. The minimum atomic E-state index is 0.0350. The van der Waals surface area contributed by atoms with Gasteiger partial charge < -0.3 is 15.0 Å². The number of nitrogens with zero attached hydrogens (tertiary/aromatic N) is 3. The SMILES string of the molecule is O=C(CC1CNCCO1)N1CCN(Cc2ccccn2)CC1. The number of morpholine rings is 1. The molecular weight excluding hydrogens is 280 g/mol. The highest BCUT2D eigenvalue weighted by atomic mass is 16.5. The largest absolute Gasteiger partial charge is 0.375 e. The second-order valence-corrected chi connectivity index (χ2v) is 5.88. The van der Waals surface area contributed by atoms with Crippen molar-refractivity contribution in [3.05, 3.63) is 30.1 Å². The molecule has 1 aromatic heterocycles. The van der Waals surface area contributed by atoms with Crippen molar-refractivity contribution in [1.29, 1.82) is 0 Å². The Bertz CT molecular complexity index is 468. The van der Waals surface area contributed by atoms with E-state index < -0.39 is 0 Å². The monoisotopic (exact) mass is 304 g/mol. The minimum absolute atomic E-state index is 0.0350. The Balaban J connectivity index is 1.42. The van der Waals surface area contributed by atoms with Gasteiger partial charge >= 0.3 is 0 Å². The summed E-state index contributed by atoms with van der Waals surface area (Å²) in [6.45, 7) is 6.65. The smallest absolute Gasteiger partial charge is 0.225 e. The van der Waals surface area contributed by atoms with Crippen LogP contribution in [-0.2, 0) is 16.1 Å². The zero-order chi connectivity index (χ0) is 15.2. The van der Waals surface area contributed by atoms with Gasteiger partial charge in [0, 0.05) is 52.0 Å². The Hall–Kier alpha value is -1.50. The first-order valence-corrected chi connectivity index (χ1v) is 8.03. The summed E-state index contributed by atoms with van der Waals surface area (Å²) in [6.07, 6.45) is 2.35. The van der Waals surface area contributed by atoms with E-state index in [4.69, 9.17) is 4.74 Å². The molecule has 6 nitrogen and oxygen atoms in total. The Morgan fingerprint density at radius 2 is 2.18 bits per heavy atom. The third-order valence-electron chi connectivity index (χ3n) is 4.24. The molecule has 0 saturated carbocycles. The number of hydrogen-bond donors (Lipinski definition) is 1. The summed E-state index contributed by atoms with van der Waals surface area (Å²) < 4.78 is 5.61. The van der Waals surface area contributed by atoms with E-state index in [2.05, 4.69) is 15.2 Å². The maximum atomic E-state index is 12.3. The molecule has 0 radical (unpaired) electrons. The van der Waals surface area contributed by atoms with Gasteiger partial charge in [-0.15, -0.1) is 0 Å². The van der Waals surface area contributed by atoms with Gasteiger partial charge in [0.2, 0.25) is 5.91 Å². The second kappa shape index (κ2) is 7.67. The van der Waals surface area contributed by atoms with Crippen LogP contribution in [0.4, 0.5) is 0 Å². The number of amides is 1. The lowest BCUT2D eigenvalue weighted by atomic mass is 10.2. The van der Waals surface area contributed by atoms with Gasteiger partial charge in [-0.3, -0.25) is 14.7 Å². The summed E-state index contributed by atoms with van der Waals surface area (Å²) in [7, 11) is 0. The minimum Gasteiger partial charge on any atom is -0.375 e. The number of carbonyl (C=O) groups excluding carboxylic acids is 1. The number of piperazine rings is 1. The molecule has 3 rings (SSSR count). The number of ether oxygens (including phenoxy) is 1. The number of hydrogen-bond acceptors (Lipinski definition) is 5. The van der Waals surface area contributed by atoms with E-state index >= 15 is 0 Å². The Morgan fingerprint density at radius 1 is 1.32 bits per heavy atom. The molecule has 1 aromatic rings. The molecule has 1 atom stereocenters. The number of nitrogens with one attached hydrogen (secondary N) is 1. The Labute approximate surface area is 131 Å². The van der Waals surface area contributed by atoms with E-state index in [9.17, 15) is 4.79 Å². The fraction of sp³-hybridized carbons (Fsp3) is 0.625. The zero-order valence-corrected chi connectivity index (χ0v) is 12.9. The van der Waals surface area contributed by atoms with Crippen molar-refractivity contribution in [2.24, 2.45) is 0 Å². The van der Waals surface area contributed by atoms with Gasteiger partial charge in [-0.2, -0.15) is 0 Å². The summed E-state index contributed by atoms with van der Waals surface area (Å²) in [4.78, 5) is 21.0. The van der Waals surface area contributed by atoms with Gasteiger partial charge in [-0.25, -0.2) is 0 Å². The maximum absolute atomic E-state index is 12.3. The molecule has 0 spiro atoms. The van der Waals surface area contributed by atoms with Crippen LogP contribution in [0, 0.1) is 0 Å². The first-order chi connectivity index (χ1) is 10.8. The van der Waals surface area contributed by atoms with Crippen LogP contribution in [0.25, 0.3) is 0 Å². The van der Waals surface area contributed by atoms with Gasteiger partial charge in [0.05, 0.1) is 24.8 Å². The second-order valence-electron chi connectivity index (χ2n) is 5.88. The Kier molecular flexibility index (Phi) is 5.37. The van der Waals surface area contributed by atoms with Gasteiger partial charge in [-0.05, 0) is 12.1 Å². The highest BCUT2D eigenvalue weighted by molar-refractivity contribution is 5.76. The number of pyridine rings is 1. The number of rotatable bonds is 4. The van der Waals surface area contributed by atoms with Crippen molar-refractivity contribution in [3.8, 4) is 0 Å². The number of aromatic nitrogens is 1. The van der Waals surface area contributed by atoms with E-state index in [0.717, 1.165) is 51.5 Å². The third kappa shape index (κ3) is 4.25. The van der Waals surface area contributed by atoms with E-state index in [1.807, 2.05) is 29.3 Å². The molecule has 120 valence electrons. The predicted octanol–water partition coefficient (Wildman–Crippen LogP) is 0.104. The first kappa shape index (κ1) is 15.4. The summed E-state index contributed by atoms with van der Waals surface area (Å²) in [6, 6.07) is 5.99. The molecule has 0 bridgehead atoms. The fourth-order valence-electron chi connectivity index (χ4n) is 2.95. The van der Waals surface area contributed by atoms with Crippen molar-refractivity contribution in [2.45, 2.75) is 19.1 Å². The average molecular weight is 304 g/mol. The molecule has 2 fully saturated rings. The molecule has 22 heavy (non-hydrogen) atoms.